The summed E-state index contributed by atoms with van der Waals surface area (Å²) < 4.78 is 24.0. The molecule has 0 heterocycles. The minimum absolute atomic E-state index is 0.0897. The number of rotatable bonds is 2. The van der Waals surface area contributed by atoms with Gasteiger partial charge in [-0.2, -0.15) is 4.21 Å². The van der Waals surface area contributed by atoms with Crippen molar-refractivity contribution >= 4 is 32.9 Å². The number of hydrogen-bond donors (Lipinski definition) is 3. The molecule has 0 aliphatic heterocycles. The van der Waals surface area contributed by atoms with Crippen LogP contribution < -0.4 is 4.18 Å². The van der Waals surface area contributed by atoms with Gasteiger partial charge in [-0.15, -0.1) is 0 Å². The molecule has 0 saturated heterocycles. The third kappa shape index (κ3) is 2.04. The smallest absolute Gasteiger partial charge is 0.357 e. The fraction of sp³-hybridized carbons (Fsp3) is 0. The van der Waals surface area contributed by atoms with Crippen LogP contribution in [-0.2, 0) is 11.4 Å². The van der Waals surface area contributed by atoms with Crippen LogP contribution in [0.2, 0.25) is 0 Å². The molecular formula is C14H10O5S. The van der Waals surface area contributed by atoms with Crippen LogP contribution in [0.4, 0.5) is 0 Å². The molecule has 3 N–H and O–H groups in total. The highest BCUT2D eigenvalue weighted by Crippen LogP contribution is 2.38. The molecule has 3 rings (SSSR count). The normalized spacial score (nSPS) is 12.7. The maximum atomic E-state index is 10.7. The summed E-state index contributed by atoms with van der Waals surface area (Å²) in [4.78, 5) is 0. The Bertz CT molecular complexity index is 844. The van der Waals surface area contributed by atoms with Crippen LogP contribution in [0, 0.1) is 0 Å². The SMILES string of the molecule is O=S(O)Oc1ccc2cc3cccc(O)c3cc2c1O. The standard InChI is InChI=1S/C14H10O5S/c15-12-3-1-2-8-6-9-4-5-13(19-20(17)18)14(16)11(9)7-10(8)12/h1-7,15-16H,(H,17,18). The molecule has 0 spiro atoms. The monoisotopic (exact) mass is 290 g/mol. The fourth-order valence-corrected chi connectivity index (χ4v) is 2.48. The van der Waals surface area contributed by atoms with Crippen LogP contribution in [0.1, 0.15) is 0 Å². The molecule has 0 bridgehead atoms. The lowest BCUT2D eigenvalue weighted by Crippen LogP contribution is -1.97. The summed E-state index contributed by atoms with van der Waals surface area (Å²) in [5, 5.41) is 22.5. The van der Waals surface area contributed by atoms with Gasteiger partial charge in [0.05, 0.1) is 0 Å². The Hall–Kier alpha value is -2.31. The molecule has 3 aromatic carbocycles. The Morgan fingerprint density at radius 3 is 2.45 bits per heavy atom. The molecule has 0 saturated carbocycles. The Labute approximate surface area is 116 Å². The Morgan fingerprint density at radius 1 is 0.950 bits per heavy atom. The zero-order valence-electron chi connectivity index (χ0n) is 10.1. The number of phenols is 2. The topological polar surface area (TPSA) is 87.0 Å². The molecule has 0 aromatic heterocycles. The van der Waals surface area contributed by atoms with Gasteiger partial charge in [-0.25, -0.2) is 0 Å². The number of fused-ring (bicyclic) bond motifs is 2. The molecular weight excluding hydrogens is 280 g/mol. The van der Waals surface area contributed by atoms with Crippen molar-refractivity contribution in [1.29, 1.82) is 0 Å². The first-order valence-electron chi connectivity index (χ1n) is 5.73. The molecule has 1 unspecified atom stereocenters. The predicted octanol–water partition coefficient (Wildman–Crippen LogP) is 2.92. The van der Waals surface area contributed by atoms with E-state index in [-0.39, 0.29) is 17.2 Å². The third-order valence-corrected chi connectivity index (χ3v) is 3.41. The summed E-state index contributed by atoms with van der Waals surface area (Å²) in [5.74, 6) is -0.232. The van der Waals surface area contributed by atoms with E-state index < -0.39 is 11.4 Å². The first-order chi connectivity index (χ1) is 9.56. The lowest BCUT2D eigenvalue weighted by Gasteiger charge is -2.09. The van der Waals surface area contributed by atoms with Crippen molar-refractivity contribution in [1.82, 2.24) is 0 Å². The van der Waals surface area contributed by atoms with Crippen LogP contribution in [0.25, 0.3) is 21.5 Å². The molecule has 0 amide bonds. The number of phenolic OH excluding ortho intramolecular Hbond substituents is 2. The number of aromatic hydroxyl groups is 2. The summed E-state index contributed by atoms with van der Waals surface area (Å²) in [6.07, 6.45) is 0. The van der Waals surface area contributed by atoms with Gasteiger partial charge in [-0.05, 0) is 35.0 Å². The second kappa shape index (κ2) is 4.66. The zero-order chi connectivity index (χ0) is 14.3. The van der Waals surface area contributed by atoms with Crippen LogP contribution in [-0.4, -0.2) is 19.0 Å². The minimum atomic E-state index is -2.51. The maximum absolute atomic E-state index is 10.7. The first-order valence-corrected chi connectivity index (χ1v) is 6.76. The quantitative estimate of drug-likeness (QED) is 0.499. The minimum Gasteiger partial charge on any atom is -0.507 e. The zero-order valence-corrected chi connectivity index (χ0v) is 10.9. The predicted molar refractivity (Wildman–Crippen MR) is 76.2 cm³/mol. The van der Waals surface area contributed by atoms with Gasteiger partial charge in [-0.1, -0.05) is 18.2 Å². The first kappa shape index (κ1) is 12.7. The van der Waals surface area contributed by atoms with Crippen LogP contribution in [0.3, 0.4) is 0 Å². The molecule has 6 heteroatoms. The summed E-state index contributed by atoms with van der Waals surface area (Å²) in [7, 11) is 0. The maximum Gasteiger partial charge on any atom is 0.357 e. The Morgan fingerprint density at radius 2 is 1.70 bits per heavy atom. The van der Waals surface area contributed by atoms with Crippen LogP contribution in [0.5, 0.6) is 17.2 Å². The molecule has 5 nitrogen and oxygen atoms in total. The molecule has 102 valence electrons. The second-order valence-corrected chi connectivity index (χ2v) is 4.89. The van der Waals surface area contributed by atoms with E-state index in [9.17, 15) is 14.4 Å². The summed E-state index contributed by atoms with van der Waals surface area (Å²) in [6, 6.07) is 11.6. The average molecular weight is 290 g/mol. The lowest BCUT2D eigenvalue weighted by atomic mass is 10.0. The average Bonchev–Trinajstić information content (AvgIpc) is 2.41. The summed E-state index contributed by atoms with van der Waals surface area (Å²) >= 11 is -2.51. The number of hydrogen-bond acceptors (Lipinski definition) is 4. The van der Waals surface area contributed by atoms with Gasteiger partial charge in [0.15, 0.2) is 11.5 Å². The van der Waals surface area contributed by atoms with Gasteiger partial charge in [0.1, 0.15) is 5.75 Å². The van der Waals surface area contributed by atoms with Crippen molar-refractivity contribution in [3.05, 3.63) is 42.5 Å². The van der Waals surface area contributed by atoms with E-state index in [1.54, 1.807) is 24.3 Å². The van der Waals surface area contributed by atoms with E-state index in [2.05, 4.69) is 4.18 Å². The van der Waals surface area contributed by atoms with Gasteiger partial charge >= 0.3 is 11.4 Å². The van der Waals surface area contributed by atoms with E-state index in [1.165, 1.54) is 6.07 Å². The van der Waals surface area contributed by atoms with Crippen molar-refractivity contribution in [2.45, 2.75) is 0 Å². The summed E-state index contributed by atoms with van der Waals surface area (Å²) in [5.41, 5.74) is 0. The fourth-order valence-electron chi connectivity index (χ4n) is 2.19. The molecule has 0 aliphatic carbocycles. The molecule has 0 radical (unpaired) electrons. The molecule has 0 fully saturated rings. The number of benzene rings is 3. The Kier molecular flexibility index (Phi) is 2.96. The highest BCUT2D eigenvalue weighted by Gasteiger charge is 2.11. The van der Waals surface area contributed by atoms with Crippen molar-refractivity contribution in [2.75, 3.05) is 0 Å². The lowest BCUT2D eigenvalue weighted by molar-refractivity contribution is 0.421. The van der Waals surface area contributed by atoms with Gasteiger partial charge in [0.25, 0.3) is 0 Å². The third-order valence-electron chi connectivity index (χ3n) is 3.09. The van der Waals surface area contributed by atoms with Crippen molar-refractivity contribution < 1.29 is 23.2 Å². The van der Waals surface area contributed by atoms with Gasteiger partial charge < -0.3 is 14.4 Å². The van der Waals surface area contributed by atoms with E-state index in [0.717, 1.165) is 10.8 Å². The van der Waals surface area contributed by atoms with E-state index in [4.69, 9.17) is 4.55 Å². The van der Waals surface area contributed by atoms with E-state index >= 15 is 0 Å². The van der Waals surface area contributed by atoms with E-state index in [0.29, 0.717) is 10.8 Å². The van der Waals surface area contributed by atoms with Crippen molar-refractivity contribution in [2.24, 2.45) is 0 Å². The van der Waals surface area contributed by atoms with Gasteiger partial charge in [0.2, 0.25) is 0 Å². The second-order valence-electron chi connectivity index (χ2n) is 4.28. The van der Waals surface area contributed by atoms with E-state index in [1.807, 2.05) is 12.1 Å². The van der Waals surface area contributed by atoms with Crippen molar-refractivity contribution in [3.63, 3.8) is 0 Å². The summed E-state index contributed by atoms with van der Waals surface area (Å²) in [6.45, 7) is 0. The highest BCUT2D eigenvalue weighted by molar-refractivity contribution is 7.74. The van der Waals surface area contributed by atoms with Gasteiger partial charge in [0, 0.05) is 10.8 Å². The largest absolute Gasteiger partial charge is 0.507 e. The van der Waals surface area contributed by atoms with Gasteiger partial charge in [-0.3, -0.25) is 4.55 Å². The Balaban J connectivity index is 2.33. The van der Waals surface area contributed by atoms with Crippen LogP contribution >= 0.6 is 0 Å². The van der Waals surface area contributed by atoms with Crippen molar-refractivity contribution in [3.8, 4) is 17.2 Å². The molecule has 1 atom stereocenters. The molecule has 0 aliphatic rings. The highest BCUT2D eigenvalue weighted by atomic mass is 32.2. The van der Waals surface area contributed by atoms with Crippen LogP contribution in [0.15, 0.2) is 42.5 Å². The molecule has 20 heavy (non-hydrogen) atoms. The molecule has 3 aromatic rings.